The fourth-order valence-electron chi connectivity index (χ4n) is 2.37. The van der Waals surface area contributed by atoms with Crippen molar-refractivity contribution < 1.29 is 4.74 Å². The lowest BCUT2D eigenvalue weighted by molar-refractivity contribution is 0.414. The fraction of sp³-hybridized carbons (Fsp3) is 0.222. The van der Waals surface area contributed by atoms with E-state index in [4.69, 9.17) is 4.74 Å². The van der Waals surface area contributed by atoms with Crippen molar-refractivity contribution in [2.75, 3.05) is 19.0 Å². The molecule has 0 atom stereocenters. The van der Waals surface area contributed by atoms with Gasteiger partial charge in [0, 0.05) is 6.54 Å². The average molecular weight is 293 g/mol. The van der Waals surface area contributed by atoms with E-state index in [0.29, 0.717) is 0 Å². The molecule has 0 spiro atoms. The van der Waals surface area contributed by atoms with Crippen LogP contribution in [0.4, 0.5) is 5.82 Å². The largest absolute Gasteiger partial charge is 0.497 e. The normalized spacial score (nSPS) is 10.6. The molecule has 0 aliphatic rings. The molecule has 0 radical (unpaired) electrons. The molecule has 0 fully saturated rings. The Morgan fingerprint density at radius 2 is 1.64 bits per heavy atom. The van der Waals surface area contributed by atoms with E-state index in [-0.39, 0.29) is 0 Å². The average Bonchev–Trinajstić information content (AvgIpc) is 2.56. The minimum atomic E-state index is 0.820. The number of fused-ring (bicyclic) bond motifs is 1. The van der Waals surface area contributed by atoms with Crippen molar-refractivity contribution in [3.05, 3.63) is 59.8 Å². The molecule has 0 aliphatic heterocycles. The van der Waals surface area contributed by atoms with Gasteiger partial charge in [0.1, 0.15) is 11.6 Å². The Hall–Kier alpha value is -2.62. The predicted molar refractivity (Wildman–Crippen MR) is 89.5 cm³/mol. The van der Waals surface area contributed by atoms with Crippen molar-refractivity contribution in [2.45, 2.75) is 13.3 Å². The number of benzene rings is 2. The molecule has 1 N–H and O–H groups in total. The molecule has 3 rings (SSSR count). The number of hydrogen-bond acceptors (Lipinski definition) is 4. The van der Waals surface area contributed by atoms with Gasteiger partial charge in [0.2, 0.25) is 0 Å². The monoisotopic (exact) mass is 293 g/mol. The van der Waals surface area contributed by atoms with Crippen LogP contribution < -0.4 is 10.1 Å². The van der Waals surface area contributed by atoms with Crippen LogP contribution in [-0.4, -0.2) is 23.6 Å². The van der Waals surface area contributed by atoms with Crippen LogP contribution in [0, 0.1) is 6.92 Å². The summed E-state index contributed by atoms with van der Waals surface area (Å²) < 4.78 is 5.17. The van der Waals surface area contributed by atoms with Crippen LogP contribution in [0.1, 0.15) is 11.3 Å². The molecule has 4 nitrogen and oxygen atoms in total. The Bertz CT molecular complexity index is 769. The number of hydrogen-bond donors (Lipinski definition) is 1. The number of aryl methyl sites for hydroxylation is 1. The molecule has 22 heavy (non-hydrogen) atoms. The van der Waals surface area contributed by atoms with Crippen LogP contribution in [-0.2, 0) is 6.42 Å². The number of aromatic nitrogens is 2. The third kappa shape index (κ3) is 3.17. The van der Waals surface area contributed by atoms with Crippen LogP contribution in [0.15, 0.2) is 48.5 Å². The Labute approximate surface area is 130 Å². The molecule has 0 bridgehead atoms. The molecule has 3 aromatic rings. The summed E-state index contributed by atoms with van der Waals surface area (Å²) in [7, 11) is 1.68. The Morgan fingerprint density at radius 1 is 0.955 bits per heavy atom. The number of anilines is 1. The van der Waals surface area contributed by atoms with Gasteiger partial charge in [-0.1, -0.05) is 24.3 Å². The summed E-state index contributed by atoms with van der Waals surface area (Å²) in [4.78, 5) is 9.22. The molecule has 1 heterocycles. The zero-order valence-corrected chi connectivity index (χ0v) is 12.8. The zero-order chi connectivity index (χ0) is 15.4. The Balaban J connectivity index is 1.66. The van der Waals surface area contributed by atoms with Gasteiger partial charge in [-0.3, -0.25) is 0 Å². The van der Waals surface area contributed by atoms with Crippen molar-refractivity contribution in [2.24, 2.45) is 0 Å². The number of methoxy groups -OCH3 is 1. The van der Waals surface area contributed by atoms with Gasteiger partial charge < -0.3 is 10.1 Å². The van der Waals surface area contributed by atoms with Gasteiger partial charge in [-0.15, -0.1) is 0 Å². The lowest BCUT2D eigenvalue weighted by Crippen LogP contribution is -2.08. The van der Waals surface area contributed by atoms with Crippen LogP contribution >= 0.6 is 0 Å². The smallest absolute Gasteiger partial charge is 0.148 e. The first-order chi connectivity index (χ1) is 10.8. The number of ether oxygens (including phenoxy) is 1. The molecule has 1 aromatic heterocycles. The van der Waals surface area contributed by atoms with Crippen LogP contribution in [0.2, 0.25) is 0 Å². The summed E-state index contributed by atoms with van der Waals surface area (Å²) in [5, 5.41) is 3.38. The Kier molecular flexibility index (Phi) is 4.19. The summed E-state index contributed by atoms with van der Waals surface area (Å²) >= 11 is 0. The molecular formula is C18H19N3O. The third-order valence-electron chi connectivity index (χ3n) is 3.61. The molecule has 0 unspecified atom stereocenters. The molecule has 2 aromatic carbocycles. The molecule has 0 amide bonds. The van der Waals surface area contributed by atoms with E-state index in [9.17, 15) is 0 Å². The number of para-hydroxylation sites is 2. The summed E-state index contributed by atoms with van der Waals surface area (Å²) in [5.74, 6) is 1.74. The summed E-state index contributed by atoms with van der Waals surface area (Å²) in [5.41, 5.74) is 4.04. The van der Waals surface area contributed by atoms with Crippen LogP contribution in [0.5, 0.6) is 5.75 Å². The van der Waals surface area contributed by atoms with E-state index in [1.807, 2.05) is 43.3 Å². The van der Waals surface area contributed by atoms with E-state index in [1.165, 1.54) is 5.56 Å². The Morgan fingerprint density at radius 3 is 2.32 bits per heavy atom. The first kappa shape index (κ1) is 14.3. The second-order valence-electron chi connectivity index (χ2n) is 5.17. The summed E-state index contributed by atoms with van der Waals surface area (Å²) in [6, 6.07) is 16.1. The first-order valence-electron chi connectivity index (χ1n) is 7.36. The van der Waals surface area contributed by atoms with Crippen molar-refractivity contribution in [3.8, 4) is 5.75 Å². The van der Waals surface area contributed by atoms with E-state index in [2.05, 4.69) is 27.4 Å². The zero-order valence-electron chi connectivity index (χ0n) is 12.8. The highest BCUT2D eigenvalue weighted by atomic mass is 16.5. The van der Waals surface area contributed by atoms with E-state index in [0.717, 1.165) is 41.3 Å². The second-order valence-corrected chi connectivity index (χ2v) is 5.17. The highest BCUT2D eigenvalue weighted by molar-refractivity contribution is 5.76. The van der Waals surface area contributed by atoms with Crippen LogP contribution in [0.25, 0.3) is 11.0 Å². The summed E-state index contributed by atoms with van der Waals surface area (Å²) in [6.07, 6.45) is 0.929. The van der Waals surface area contributed by atoms with Gasteiger partial charge in [0.15, 0.2) is 0 Å². The van der Waals surface area contributed by atoms with E-state index in [1.54, 1.807) is 7.11 Å². The van der Waals surface area contributed by atoms with Crippen LogP contribution in [0.3, 0.4) is 0 Å². The summed E-state index contributed by atoms with van der Waals surface area (Å²) in [6.45, 7) is 2.80. The van der Waals surface area contributed by atoms with Crippen molar-refractivity contribution >= 4 is 16.9 Å². The predicted octanol–water partition coefficient (Wildman–Crippen LogP) is 3.60. The van der Waals surface area contributed by atoms with E-state index < -0.39 is 0 Å². The molecular weight excluding hydrogens is 274 g/mol. The van der Waals surface area contributed by atoms with Gasteiger partial charge in [0.05, 0.1) is 23.8 Å². The van der Waals surface area contributed by atoms with Gasteiger partial charge >= 0.3 is 0 Å². The van der Waals surface area contributed by atoms with E-state index >= 15 is 0 Å². The topological polar surface area (TPSA) is 47.0 Å². The maximum atomic E-state index is 5.17. The van der Waals surface area contributed by atoms with Gasteiger partial charge in [0.25, 0.3) is 0 Å². The minimum absolute atomic E-state index is 0.820. The van der Waals surface area contributed by atoms with Gasteiger partial charge in [-0.2, -0.15) is 0 Å². The van der Waals surface area contributed by atoms with Crippen molar-refractivity contribution in [3.63, 3.8) is 0 Å². The molecule has 112 valence electrons. The maximum Gasteiger partial charge on any atom is 0.148 e. The fourth-order valence-corrected chi connectivity index (χ4v) is 2.37. The minimum Gasteiger partial charge on any atom is -0.497 e. The third-order valence-corrected chi connectivity index (χ3v) is 3.61. The van der Waals surface area contributed by atoms with Gasteiger partial charge in [-0.25, -0.2) is 9.97 Å². The molecule has 0 saturated heterocycles. The quantitative estimate of drug-likeness (QED) is 0.780. The SMILES string of the molecule is COc1ccc(CCNc2nc3ccccc3nc2C)cc1. The second kappa shape index (κ2) is 6.43. The lowest BCUT2D eigenvalue weighted by atomic mass is 10.1. The van der Waals surface area contributed by atoms with Gasteiger partial charge in [-0.05, 0) is 43.2 Å². The highest BCUT2D eigenvalue weighted by Gasteiger charge is 2.04. The lowest BCUT2D eigenvalue weighted by Gasteiger charge is -2.09. The molecule has 0 saturated carbocycles. The number of nitrogens with one attached hydrogen (secondary N) is 1. The number of rotatable bonds is 5. The highest BCUT2D eigenvalue weighted by Crippen LogP contribution is 2.16. The standard InChI is InChI=1S/C18H19N3O/c1-13-18(21-17-6-4-3-5-16(17)20-13)19-12-11-14-7-9-15(22-2)10-8-14/h3-10H,11-12H2,1-2H3,(H,19,21). The molecule has 0 aliphatic carbocycles. The van der Waals surface area contributed by atoms with Crippen molar-refractivity contribution in [1.29, 1.82) is 0 Å². The maximum absolute atomic E-state index is 5.17. The number of nitrogens with zero attached hydrogens (tertiary/aromatic N) is 2. The molecule has 4 heteroatoms. The first-order valence-corrected chi connectivity index (χ1v) is 7.36. The van der Waals surface area contributed by atoms with Crippen molar-refractivity contribution in [1.82, 2.24) is 9.97 Å².